The normalized spacial score (nSPS) is 16.1. The van der Waals surface area contributed by atoms with E-state index in [0.717, 1.165) is 16.7 Å². The summed E-state index contributed by atoms with van der Waals surface area (Å²) in [4.78, 5) is 11.8. The van der Waals surface area contributed by atoms with Crippen LogP contribution in [0.1, 0.15) is 42.2 Å². The maximum absolute atomic E-state index is 11.8. The van der Waals surface area contributed by atoms with E-state index in [1.54, 1.807) is 0 Å². The first-order valence-corrected chi connectivity index (χ1v) is 7.75. The van der Waals surface area contributed by atoms with Crippen molar-refractivity contribution in [3.8, 4) is 5.75 Å². The molecule has 0 radical (unpaired) electrons. The summed E-state index contributed by atoms with van der Waals surface area (Å²) in [6.07, 6.45) is -0.714. The van der Waals surface area contributed by atoms with Crippen molar-refractivity contribution in [2.75, 3.05) is 0 Å². The third-order valence-electron chi connectivity index (χ3n) is 3.82. The van der Waals surface area contributed by atoms with Crippen LogP contribution in [-0.4, -0.2) is 17.2 Å². The predicted molar refractivity (Wildman–Crippen MR) is 86.2 cm³/mol. The van der Waals surface area contributed by atoms with E-state index >= 15 is 0 Å². The lowest BCUT2D eigenvalue weighted by Crippen LogP contribution is -2.14. The molecule has 3 rings (SSSR count). The van der Waals surface area contributed by atoms with Gasteiger partial charge in [0.1, 0.15) is 18.5 Å². The zero-order valence-electron chi connectivity index (χ0n) is 13.3. The number of ether oxygens (including phenoxy) is 2. The summed E-state index contributed by atoms with van der Waals surface area (Å²) in [5.41, 5.74) is 3.30. The summed E-state index contributed by atoms with van der Waals surface area (Å²) < 4.78 is 11.0. The summed E-state index contributed by atoms with van der Waals surface area (Å²) in [5, 5.41) is 10.7. The zero-order chi connectivity index (χ0) is 16.4. The second-order valence-electron chi connectivity index (χ2n) is 5.98. The standard InChI is InChI=1S/C19H20O4/c1-12(2)23-18(20)10-13-7-8-17-16(9-13)19(21)15-6-4-3-5-14(15)11-22-17/h3-9,12,19,21H,10-11H2,1-2H3. The molecule has 1 N–H and O–H groups in total. The number of carbonyl (C=O) groups is 1. The van der Waals surface area contributed by atoms with Crippen LogP contribution in [0.2, 0.25) is 0 Å². The SMILES string of the molecule is CC(C)OC(=O)Cc1ccc2c(c1)C(O)c1ccccc1CO2. The number of fused-ring (bicyclic) bond motifs is 2. The van der Waals surface area contributed by atoms with Crippen LogP contribution in [0.25, 0.3) is 0 Å². The minimum absolute atomic E-state index is 0.135. The first kappa shape index (κ1) is 15.6. The highest BCUT2D eigenvalue weighted by atomic mass is 16.5. The van der Waals surface area contributed by atoms with Gasteiger partial charge in [0, 0.05) is 5.56 Å². The Kier molecular flexibility index (Phi) is 4.35. The zero-order valence-corrected chi connectivity index (χ0v) is 13.3. The van der Waals surface area contributed by atoms with Crippen molar-refractivity contribution in [2.24, 2.45) is 0 Å². The van der Waals surface area contributed by atoms with Gasteiger partial charge in [-0.25, -0.2) is 0 Å². The van der Waals surface area contributed by atoms with E-state index in [9.17, 15) is 9.90 Å². The van der Waals surface area contributed by atoms with Crippen molar-refractivity contribution in [1.82, 2.24) is 0 Å². The fourth-order valence-electron chi connectivity index (χ4n) is 2.78. The van der Waals surface area contributed by atoms with Gasteiger partial charge in [-0.1, -0.05) is 30.3 Å². The van der Waals surface area contributed by atoms with E-state index in [1.165, 1.54) is 0 Å². The minimum Gasteiger partial charge on any atom is -0.488 e. The monoisotopic (exact) mass is 312 g/mol. The molecule has 1 atom stereocenters. The number of benzene rings is 2. The minimum atomic E-state index is -0.759. The second kappa shape index (κ2) is 6.42. The van der Waals surface area contributed by atoms with E-state index in [2.05, 4.69) is 0 Å². The number of aliphatic hydroxyl groups excluding tert-OH is 1. The van der Waals surface area contributed by atoms with Crippen molar-refractivity contribution in [2.45, 2.75) is 39.1 Å². The molecule has 1 unspecified atom stereocenters. The summed E-state index contributed by atoms with van der Waals surface area (Å²) in [7, 11) is 0. The molecule has 120 valence electrons. The smallest absolute Gasteiger partial charge is 0.310 e. The number of hydrogen-bond donors (Lipinski definition) is 1. The molecule has 4 nitrogen and oxygen atoms in total. The lowest BCUT2D eigenvalue weighted by Gasteiger charge is -2.14. The van der Waals surface area contributed by atoms with Crippen molar-refractivity contribution in [3.05, 3.63) is 64.7 Å². The molecular formula is C19H20O4. The lowest BCUT2D eigenvalue weighted by molar-refractivity contribution is -0.146. The van der Waals surface area contributed by atoms with E-state index in [0.29, 0.717) is 17.9 Å². The molecule has 4 heteroatoms. The van der Waals surface area contributed by atoms with E-state index in [4.69, 9.17) is 9.47 Å². The predicted octanol–water partition coefficient (Wildman–Crippen LogP) is 3.15. The maximum Gasteiger partial charge on any atom is 0.310 e. The number of carbonyl (C=O) groups excluding carboxylic acids is 1. The highest BCUT2D eigenvalue weighted by molar-refractivity contribution is 5.73. The third kappa shape index (κ3) is 3.37. The largest absolute Gasteiger partial charge is 0.488 e. The number of rotatable bonds is 3. The second-order valence-corrected chi connectivity index (χ2v) is 5.98. The molecule has 1 heterocycles. The molecule has 0 aromatic heterocycles. The lowest BCUT2D eigenvalue weighted by atomic mass is 9.96. The Labute approximate surface area is 135 Å². The Balaban J connectivity index is 1.90. The van der Waals surface area contributed by atoms with Gasteiger partial charge in [-0.05, 0) is 42.7 Å². The van der Waals surface area contributed by atoms with Gasteiger partial charge in [-0.3, -0.25) is 4.79 Å². The van der Waals surface area contributed by atoms with Crippen LogP contribution in [0.3, 0.4) is 0 Å². The van der Waals surface area contributed by atoms with Crippen LogP contribution in [0.5, 0.6) is 5.75 Å². The van der Waals surface area contributed by atoms with Gasteiger partial charge in [0.2, 0.25) is 0 Å². The van der Waals surface area contributed by atoms with Crippen molar-refractivity contribution >= 4 is 5.97 Å². The Morgan fingerprint density at radius 3 is 2.83 bits per heavy atom. The summed E-state index contributed by atoms with van der Waals surface area (Å²) >= 11 is 0. The first-order valence-electron chi connectivity index (χ1n) is 7.75. The Morgan fingerprint density at radius 2 is 2.04 bits per heavy atom. The molecule has 0 saturated carbocycles. The third-order valence-corrected chi connectivity index (χ3v) is 3.82. The highest BCUT2D eigenvalue weighted by Crippen LogP contribution is 2.36. The quantitative estimate of drug-likeness (QED) is 0.885. The maximum atomic E-state index is 11.8. The molecule has 2 aromatic carbocycles. The molecule has 2 aromatic rings. The summed E-state index contributed by atoms with van der Waals surface area (Å²) in [6, 6.07) is 13.1. The average molecular weight is 312 g/mol. The Hall–Kier alpha value is -2.33. The molecule has 0 bridgehead atoms. The summed E-state index contributed by atoms with van der Waals surface area (Å²) in [6.45, 7) is 4.07. The van der Waals surface area contributed by atoms with Crippen LogP contribution < -0.4 is 4.74 Å². The van der Waals surface area contributed by atoms with Crippen LogP contribution in [0.15, 0.2) is 42.5 Å². The molecule has 0 aliphatic carbocycles. The Bertz CT molecular complexity index is 721. The fourth-order valence-corrected chi connectivity index (χ4v) is 2.78. The molecule has 23 heavy (non-hydrogen) atoms. The van der Waals surface area contributed by atoms with Crippen LogP contribution in [0.4, 0.5) is 0 Å². The topological polar surface area (TPSA) is 55.8 Å². The number of aliphatic hydroxyl groups is 1. The van der Waals surface area contributed by atoms with Crippen LogP contribution in [0, 0.1) is 0 Å². The highest BCUT2D eigenvalue weighted by Gasteiger charge is 2.23. The van der Waals surface area contributed by atoms with Gasteiger partial charge in [-0.2, -0.15) is 0 Å². The number of esters is 1. The van der Waals surface area contributed by atoms with Gasteiger partial charge in [-0.15, -0.1) is 0 Å². The van der Waals surface area contributed by atoms with Crippen molar-refractivity contribution in [1.29, 1.82) is 0 Å². The Morgan fingerprint density at radius 1 is 1.26 bits per heavy atom. The molecular weight excluding hydrogens is 292 g/mol. The fraction of sp³-hybridized carbons (Fsp3) is 0.316. The van der Waals surface area contributed by atoms with Gasteiger partial charge in [0.15, 0.2) is 0 Å². The molecule has 1 aliphatic rings. The molecule has 0 fully saturated rings. The summed E-state index contributed by atoms with van der Waals surface area (Å²) in [5.74, 6) is 0.374. The van der Waals surface area contributed by atoms with Gasteiger partial charge in [0.25, 0.3) is 0 Å². The van der Waals surface area contributed by atoms with Gasteiger partial charge < -0.3 is 14.6 Å². The molecule has 0 spiro atoms. The first-order chi connectivity index (χ1) is 11.0. The van der Waals surface area contributed by atoms with Crippen molar-refractivity contribution < 1.29 is 19.4 Å². The van der Waals surface area contributed by atoms with E-state index in [-0.39, 0.29) is 18.5 Å². The van der Waals surface area contributed by atoms with Gasteiger partial charge >= 0.3 is 5.97 Å². The van der Waals surface area contributed by atoms with Crippen LogP contribution >= 0.6 is 0 Å². The van der Waals surface area contributed by atoms with Crippen molar-refractivity contribution in [3.63, 3.8) is 0 Å². The number of hydrogen-bond acceptors (Lipinski definition) is 4. The molecule has 0 saturated heterocycles. The van der Waals surface area contributed by atoms with E-state index < -0.39 is 6.10 Å². The van der Waals surface area contributed by atoms with Gasteiger partial charge in [0.05, 0.1) is 12.5 Å². The molecule has 0 amide bonds. The van der Waals surface area contributed by atoms with Crippen LogP contribution in [-0.2, 0) is 22.6 Å². The van der Waals surface area contributed by atoms with E-state index in [1.807, 2.05) is 56.3 Å². The molecule has 1 aliphatic heterocycles. The average Bonchev–Trinajstić information content (AvgIpc) is 2.65.